The normalized spacial score (nSPS) is 13.1. The number of nitrogen functional groups attached to an aromatic ring is 1. The number of thiol groups is 1. The van der Waals surface area contributed by atoms with Crippen molar-refractivity contribution in [1.82, 2.24) is 41.2 Å². The number of nitrogens with zero attached hydrogens (tertiary/aromatic N) is 3. The summed E-state index contributed by atoms with van der Waals surface area (Å²) in [5.74, 6) is -8.38. The molecule has 0 aliphatic carbocycles. The van der Waals surface area contributed by atoms with Crippen molar-refractivity contribution in [3.05, 3.63) is 52.1 Å². The Morgan fingerprint density at radius 2 is 1.54 bits per heavy atom. The first kappa shape index (κ1) is 40.1. The lowest BCUT2D eigenvalue weighted by atomic mass is 10.1. The maximum absolute atomic E-state index is 12.8. The molecule has 0 spiro atoms. The Morgan fingerprint density at radius 3 is 2.15 bits per heavy atom. The minimum Gasteiger partial charge on any atom is -0.481 e. The number of fused-ring (bicyclic) bond motifs is 1. The molecule has 3 aromatic rings. The number of nitrogens with one attached hydrogen (secondary N) is 6. The molecule has 278 valence electrons. The van der Waals surface area contributed by atoms with Gasteiger partial charge < -0.3 is 53.4 Å². The van der Waals surface area contributed by atoms with Crippen LogP contribution in [0.15, 0.2) is 35.3 Å². The largest absolute Gasteiger partial charge is 0.481 e. The predicted molar refractivity (Wildman–Crippen MR) is 183 cm³/mol. The first-order chi connectivity index (χ1) is 24.6. The van der Waals surface area contributed by atoms with Gasteiger partial charge in [0.05, 0.1) is 24.9 Å². The minimum absolute atomic E-state index is 0.00716. The van der Waals surface area contributed by atoms with E-state index in [2.05, 4.69) is 53.8 Å². The summed E-state index contributed by atoms with van der Waals surface area (Å²) in [4.78, 5) is 111. The molecule has 3 rings (SSSR count). The second-order valence-corrected chi connectivity index (χ2v) is 11.3. The molecule has 0 saturated heterocycles. The van der Waals surface area contributed by atoms with Gasteiger partial charge in [-0.15, -0.1) is 0 Å². The fourth-order valence-corrected chi connectivity index (χ4v) is 4.54. The smallest absolute Gasteiger partial charge is 0.327 e. The second-order valence-electron chi connectivity index (χ2n) is 11.0. The van der Waals surface area contributed by atoms with Gasteiger partial charge in [0.1, 0.15) is 24.2 Å². The van der Waals surface area contributed by atoms with Crippen LogP contribution in [0.5, 0.6) is 0 Å². The van der Waals surface area contributed by atoms with Gasteiger partial charge in [-0.05, 0) is 30.7 Å². The number of carboxylic acid groups (broad SMARTS) is 3. The molecule has 0 bridgehead atoms. The molecule has 22 nitrogen and oxygen atoms in total. The molecule has 0 aliphatic heterocycles. The number of benzene rings is 1. The van der Waals surface area contributed by atoms with Gasteiger partial charge in [-0.2, -0.15) is 17.6 Å². The van der Waals surface area contributed by atoms with Crippen LogP contribution in [0.25, 0.3) is 11.2 Å². The quantitative estimate of drug-likeness (QED) is 0.0537. The van der Waals surface area contributed by atoms with E-state index in [1.165, 1.54) is 18.3 Å². The second kappa shape index (κ2) is 18.6. The van der Waals surface area contributed by atoms with Crippen LogP contribution in [0.1, 0.15) is 35.3 Å². The average molecular weight is 746 g/mol. The zero-order valence-electron chi connectivity index (χ0n) is 27.0. The fourth-order valence-electron chi connectivity index (χ4n) is 4.29. The van der Waals surface area contributed by atoms with E-state index in [0.717, 1.165) is 0 Å². The van der Waals surface area contributed by atoms with E-state index >= 15 is 0 Å². The highest BCUT2D eigenvalue weighted by Gasteiger charge is 2.29. The first-order valence-corrected chi connectivity index (χ1v) is 15.8. The number of carbonyl (C=O) groups is 7. The molecule has 52 heavy (non-hydrogen) atoms. The maximum Gasteiger partial charge on any atom is 0.327 e. The molecule has 23 heteroatoms. The van der Waals surface area contributed by atoms with E-state index in [9.17, 15) is 43.5 Å². The Bertz CT molecular complexity index is 1890. The van der Waals surface area contributed by atoms with Crippen LogP contribution in [0, 0.1) is 0 Å². The topological polar surface area (TPSA) is 364 Å². The Morgan fingerprint density at radius 1 is 0.885 bits per heavy atom. The number of aromatic amines is 1. The van der Waals surface area contributed by atoms with Crippen molar-refractivity contribution in [3.8, 4) is 0 Å². The van der Waals surface area contributed by atoms with Gasteiger partial charge in [0.2, 0.25) is 23.7 Å². The zero-order chi connectivity index (χ0) is 38.5. The molecular formula is C29H35N11O11S. The summed E-state index contributed by atoms with van der Waals surface area (Å²) in [5, 5.41) is 39.6. The van der Waals surface area contributed by atoms with Crippen molar-refractivity contribution in [2.75, 3.05) is 23.3 Å². The Labute approximate surface area is 298 Å². The highest BCUT2D eigenvalue weighted by molar-refractivity contribution is 7.80. The molecule has 0 fully saturated rings. The molecule has 13 N–H and O–H groups in total. The standard InChI is InChI=1S/C29H35N11O11S/c30-15(24(45)37-17(7-20(42)43)25(46)38-18(11-52)28(50)51)10-33-19(41)6-5-16(27(48)49)36-23(44)12-1-3-13(4-2-12)32-8-14-9-34-22-21(35-14)26(47)40-29(31)39-22/h1-4,9,15-18,32,52H,5-8,10-11,30H2,(H,33,41)(H,36,44)(H,37,45)(H,38,46)(H,42,43)(H,48,49)(H,50,51)(H3,31,34,39,40,47). The maximum atomic E-state index is 12.8. The van der Waals surface area contributed by atoms with Crippen LogP contribution in [-0.4, -0.2) is 113 Å². The van der Waals surface area contributed by atoms with Gasteiger partial charge in [0.15, 0.2) is 11.2 Å². The third-order valence-electron chi connectivity index (χ3n) is 7.04. The van der Waals surface area contributed by atoms with Crippen LogP contribution >= 0.6 is 12.6 Å². The van der Waals surface area contributed by atoms with E-state index in [1.807, 2.05) is 5.32 Å². The van der Waals surface area contributed by atoms with E-state index in [4.69, 9.17) is 21.7 Å². The van der Waals surface area contributed by atoms with E-state index in [0.29, 0.717) is 11.4 Å². The number of nitrogens with two attached hydrogens (primary N) is 2. The van der Waals surface area contributed by atoms with Gasteiger partial charge in [-0.25, -0.2) is 19.6 Å². The van der Waals surface area contributed by atoms with Crippen LogP contribution in [0.2, 0.25) is 0 Å². The number of H-pyrrole nitrogens is 1. The van der Waals surface area contributed by atoms with Gasteiger partial charge in [-0.1, -0.05) is 0 Å². The summed E-state index contributed by atoms with van der Waals surface area (Å²) < 4.78 is 0. The van der Waals surface area contributed by atoms with Gasteiger partial charge >= 0.3 is 17.9 Å². The number of carboxylic acids is 3. The van der Waals surface area contributed by atoms with Crippen molar-refractivity contribution in [2.24, 2.45) is 5.73 Å². The number of anilines is 2. The first-order valence-electron chi connectivity index (χ1n) is 15.1. The molecule has 4 amide bonds. The van der Waals surface area contributed by atoms with Crippen molar-refractivity contribution >= 4 is 77.0 Å². The third-order valence-corrected chi connectivity index (χ3v) is 7.40. The van der Waals surface area contributed by atoms with Crippen molar-refractivity contribution < 1.29 is 48.9 Å². The number of carbonyl (C=O) groups excluding carboxylic acids is 4. The Balaban J connectivity index is 1.47. The highest BCUT2D eigenvalue weighted by Crippen LogP contribution is 2.12. The summed E-state index contributed by atoms with van der Waals surface area (Å²) in [6, 6.07) is -0.170. The molecule has 0 radical (unpaired) electrons. The van der Waals surface area contributed by atoms with Gasteiger partial charge in [0.25, 0.3) is 11.5 Å². The van der Waals surface area contributed by atoms with Crippen LogP contribution in [0.4, 0.5) is 11.6 Å². The van der Waals surface area contributed by atoms with Crippen molar-refractivity contribution in [2.45, 2.75) is 50.0 Å². The zero-order valence-corrected chi connectivity index (χ0v) is 27.9. The summed E-state index contributed by atoms with van der Waals surface area (Å²) >= 11 is 3.79. The number of hydrogen-bond donors (Lipinski definition) is 12. The molecule has 0 aliphatic rings. The number of hydrogen-bond acceptors (Lipinski definition) is 15. The SMILES string of the molecule is Nc1nc2ncc(CNc3ccc(C(=O)NC(CCC(=O)NCC(N)C(=O)NC(CC(=O)O)C(=O)NC(CS)C(=O)O)C(=O)O)cc3)nc2c(=O)[nH]1. The van der Waals surface area contributed by atoms with Crippen LogP contribution in [0.3, 0.4) is 0 Å². The molecular weight excluding hydrogens is 710 g/mol. The Kier molecular flexibility index (Phi) is 14.3. The summed E-state index contributed by atoms with van der Waals surface area (Å²) in [6.45, 7) is -0.339. The minimum atomic E-state index is -1.70. The molecule has 0 saturated carbocycles. The number of rotatable bonds is 19. The molecule has 2 aromatic heterocycles. The van der Waals surface area contributed by atoms with Crippen LogP contribution in [-0.2, 0) is 35.3 Å². The Hall–Kier alpha value is -6.36. The van der Waals surface area contributed by atoms with E-state index < -0.39 is 90.6 Å². The van der Waals surface area contributed by atoms with E-state index in [-0.39, 0.29) is 41.4 Å². The molecule has 2 heterocycles. The van der Waals surface area contributed by atoms with E-state index in [1.54, 1.807) is 12.1 Å². The summed E-state index contributed by atoms with van der Waals surface area (Å²) in [5.41, 5.74) is 11.9. The highest BCUT2D eigenvalue weighted by atomic mass is 32.1. The van der Waals surface area contributed by atoms with Gasteiger partial charge in [-0.3, -0.25) is 33.8 Å². The monoisotopic (exact) mass is 745 g/mol. The molecule has 1 aromatic carbocycles. The summed E-state index contributed by atoms with van der Waals surface area (Å²) in [7, 11) is 0. The predicted octanol–water partition coefficient (Wildman–Crippen LogP) is -3.23. The number of aliphatic carboxylic acids is 3. The average Bonchev–Trinajstić information content (AvgIpc) is 3.09. The van der Waals surface area contributed by atoms with Crippen molar-refractivity contribution in [1.29, 1.82) is 0 Å². The lowest BCUT2D eigenvalue weighted by Gasteiger charge is -2.21. The third kappa shape index (κ3) is 11.9. The fraction of sp³-hybridized carbons (Fsp3) is 0.345. The van der Waals surface area contributed by atoms with Crippen LogP contribution < -0.4 is 43.6 Å². The lowest BCUT2D eigenvalue weighted by Crippen LogP contribution is -2.57. The molecule has 4 unspecified atom stereocenters. The lowest BCUT2D eigenvalue weighted by molar-refractivity contribution is -0.143. The number of aromatic nitrogens is 4. The van der Waals surface area contributed by atoms with Gasteiger partial charge in [0, 0.05) is 30.0 Å². The molecule has 4 atom stereocenters. The van der Waals surface area contributed by atoms with Crippen molar-refractivity contribution in [3.63, 3.8) is 0 Å². The number of amides is 4. The summed E-state index contributed by atoms with van der Waals surface area (Å²) in [6.07, 6.45) is -0.246.